The van der Waals surface area contributed by atoms with Crippen molar-refractivity contribution in [3.8, 4) is 0 Å². The minimum atomic E-state index is -4.50. The van der Waals surface area contributed by atoms with E-state index in [9.17, 15) is 18.0 Å². The SMILES string of the molecule is CCCN(CCOC)C(=O)Nc1cc(C(F)(F)F)ccc1Cl. The number of hydrogen-bond donors (Lipinski definition) is 1. The third-order valence-corrected chi connectivity index (χ3v) is 3.21. The molecule has 0 saturated carbocycles. The number of nitrogens with one attached hydrogen (secondary N) is 1. The number of urea groups is 1. The topological polar surface area (TPSA) is 41.6 Å². The molecule has 0 atom stereocenters. The normalized spacial score (nSPS) is 11.4. The van der Waals surface area contributed by atoms with Gasteiger partial charge in [0, 0.05) is 20.2 Å². The van der Waals surface area contributed by atoms with E-state index in [2.05, 4.69) is 5.32 Å². The molecule has 0 fully saturated rings. The highest BCUT2D eigenvalue weighted by Gasteiger charge is 2.31. The van der Waals surface area contributed by atoms with Crippen LogP contribution >= 0.6 is 11.6 Å². The molecule has 124 valence electrons. The summed E-state index contributed by atoms with van der Waals surface area (Å²) in [5, 5.41) is 2.46. The first-order valence-electron chi connectivity index (χ1n) is 6.71. The van der Waals surface area contributed by atoms with Crippen molar-refractivity contribution in [3.05, 3.63) is 28.8 Å². The molecule has 1 aromatic carbocycles. The minimum Gasteiger partial charge on any atom is -0.383 e. The van der Waals surface area contributed by atoms with Crippen LogP contribution in [0.25, 0.3) is 0 Å². The number of rotatable bonds is 6. The summed E-state index contributed by atoms with van der Waals surface area (Å²) in [7, 11) is 1.51. The second-order valence-electron chi connectivity index (χ2n) is 4.60. The van der Waals surface area contributed by atoms with Gasteiger partial charge in [0.25, 0.3) is 0 Å². The number of carbonyl (C=O) groups excluding carboxylic acids is 1. The van der Waals surface area contributed by atoms with Crippen molar-refractivity contribution in [2.24, 2.45) is 0 Å². The Morgan fingerprint density at radius 2 is 2.05 bits per heavy atom. The van der Waals surface area contributed by atoms with Gasteiger partial charge in [-0.25, -0.2) is 4.79 Å². The van der Waals surface area contributed by atoms with Gasteiger partial charge in [-0.3, -0.25) is 0 Å². The van der Waals surface area contributed by atoms with Gasteiger partial charge in [0.2, 0.25) is 0 Å². The predicted molar refractivity (Wildman–Crippen MR) is 79.2 cm³/mol. The van der Waals surface area contributed by atoms with Crippen molar-refractivity contribution in [2.45, 2.75) is 19.5 Å². The maximum absolute atomic E-state index is 12.7. The molecule has 1 aromatic rings. The van der Waals surface area contributed by atoms with E-state index < -0.39 is 17.8 Å². The zero-order valence-corrected chi connectivity index (χ0v) is 13.1. The Bertz CT molecular complexity index is 509. The van der Waals surface area contributed by atoms with Crippen LogP contribution in [0.2, 0.25) is 5.02 Å². The van der Waals surface area contributed by atoms with Gasteiger partial charge in [-0.05, 0) is 24.6 Å². The maximum Gasteiger partial charge on any atom is 0.416 e. The van der Waals surface area contributed by atoms with E-state index in [1.165, 1.54) is 12.0 Å². The molecule has 0 unspecified atom stereocenters. The summed E-state index contributed by atoms with van der Waals surface area (Å²) in [6.07, 6.45) is -3.78. The summed E-state index contributed by atoms with van der Waals surface area (Å²) in [6.45, 7) is 3.03. The van der Waals surface area contributed by atoms with Gasteiger partial charge in [-0.2, -0.15) is 13.2 Å². The van der Waals surface area contributed by atoms with Crippen LogP contribution in [0.3, 0.4) is 0 Å². The summed E-state index contributed by atoms with van der Waals surface area (Å²) in [5.41, 5.74) is -0.939. The molecule has 1 rings (SSSR count). The Labute approximate surface area is 132 Å². The maximum atomic E-state index is 12.7. The van der Waals surface area contributed by atoms with Gasteiger partial charge < -0.3 is 15.0 Å². The molecule has 2 amide bonds. The number of nitrogens with zero attached hydrogens (tertiary/aromatic N) is 1. The zero-order valence-electron chi connectivity index (χ0n) is 12.3. The van der Waals surface area contributed by atoms with Gasteiger partial charge in [-0.15, -0.1) is 0 Å². The van der Waals surface area contributed by atoms with Crippen LogP contribution in [0.15, 0.2) is 18.2 Å². The summed E-state index contributed by atoms with van der Waals surface area (Å²) >= 11 is 5.85. The van der Waals surface area contributed by atoms with Gasteiger partial charge >= 0.3 is 12.2 Å². The highest BCUT2D eigenvalue weighted by Crippen LogP contribution is 2.33. The molecule has 0 aliphatic rings. The number of alkyl halides is 3. The van der Waals surface area contributed by atoms with E-state index in [1.807, 2.05) is 6.92 Å². The third kappa shape index (κ3) is 5.38. The first-order chi connectivity index (χ1) is 10.3. The zero-order chi connectivity index (χ0) is 16.8. The number of ether oxygens (including phenoxy) is 1. The summed E-state index contributed by atoms with van der Waals surface area (Å²) in [6, 6.07) is 2.28. The lowest BCUT2D eigenvalue weighted by Crippen LogP contribution is -2.38. The smallest absolute Gasteiger partial charge is 0.383 e. The van der Waals surface area contributed by atoms with Crippen molar-refractivity contribution < 1.29 is 22.7 Å². The average Bonchev–Trinajstić information content (AvgIpc) is 2.44. The summed E-state index contributed by atoms with van der Waals surface area (Å²) in [5.74, 6) is 0. The molecule has 0 aliphatic carbocycles. The Kier molecular flexibility index (Phi) is 6.96. The number of halogens is 4. The van der Waals surface area contributed by atoms with E-state index >= 15 is 0 Å². The van der Waals surface area contributed by atoms with E-state index in [-0.39, 0.29) is 10.7 Å². The molecule has 0 aromatic heterocycles. The fraction of sp³-hybridized carbons (Fsp3) is 0.500. The number of hydrogen-bond acceptors (Lipinski definition) is 2. The van der Waals surface area contributed by atoms with Crippen LogP contribution < -0.4 is 5.32 Å². The molecule has 0 saturated heterocycles. The van der Waals surface area contributed by atoms with Crippen LogP contribution in [-0.4, -0.2) is 37.7 Å². The van der Waals surface area contributed by atoms with Crippen molar-refractivity contribution in [1.82, 2.24) is 4.90 Å². The fourth-order valence-corrected chi connectivity index (χ4v) is 1.94. The number of carbonyl (C=O) groups is 1. The van der Waals surface area contributed by atoms with Crippen LogP contribution in [-0.2, 0) is 10.9 Å². The standard InChI is InChI=1S/C14H18ClF3N2O2/c1-3-6-20(7-8-22-2)13(21)19-12-9-10(14(16,17)18)4-5-11(12)15/h4-5,9H,3,6-8H2,1-2H3,(H,19,21). The minimum absolute atomic E-state index is 0.0459. The molecular weight excluding hydrogens is 321 g/mol. The lowest BCUT2D eigenvalue weighted by atomic mass is 10.2. The molecule has 0 aliphatic heterocycles. The van der Waals surface area contributed by atoms with Crippen molar-refractivity contribution >= 4 is 23.3 Å². The first kappa shape index (κ1) is 18.6. The molecule has 8 heteroatoms. The Hall–Kier alpha value is -1.47. The molecule has 0 spiro atoms. The molecule has 4 nitrogen and oxygen atoms in total. The monoisotopic (exact) mass is 338 g/mol. The molecule has 1 N–H and O–H groups in total. The highest BCUT2D eigenvalue weighted by atomic mass is 35.5. The van der Waals surface area contributed by atoms with Gasteiger partial charge in [-0.1, -0.05) is 18.5 Å². The van der Waals surface area contributed by atoms with Crippen LogP contribution in [0.5, 0.6) is 0 Å². The highest BCUT2D eigenvalue weighted by molar-refractivity contribution is 6.33. The van der Waals surface area contributed by atoms with E-state index in [4.69, 9.17) is 16.3 Å². The van der Waals surface area contributed by atoms with Crippen molar-refractivity contribution in [2.75, 3.05) is 32.1 Å². The number of benzene rings is 1. The number of anilines is 1. The molecule has 0 radical (unpaired) electrons. The lowest BCUT2D eigenvalue weighted by Gasteiger charge is -2.22. The summed E-state index contributed by atoms with van der Waals surface area (Å²) < 4.78 is 43.0. The Morgan fingerprint density at radius 1 is 1.36 bits per heavy atom. The summed E-state index contributed by atoms with van der Waals surface area (Å²) in [4.78, 5) is 13.6. The van der Waals surface area contributed by atoms with E-state index in [0.717, 1.165) is 18.2 Å². The number of amides is 2. The second-order valence-corrected chi connectivity index (χ2v) is 5.01. The predicted octanol–water partition coefficient (Wildman–Crippen LogP) is 4.25. The van der Waals surface area contributed by atoms with Crippen LogP contribution in [0, 0.1) is 0 Å². The van der Waals surface area contributed by atoms with Crippen molar-refractivity contribution in [1.29, 1.82) is 0 Å². The molecular formula is C14H18ClF3N2O2. The quantitative estimate of drug-likeness (QED) is 0.842. The first-order valence-corrected chi connectivity index (χ1v) is 7.09. The molecule has 0 bridgehead atoms. The van der Waals surface area contributed by atoms with E-state index in [1.54, 1.807) is 0 Å². The lowest BCUT2D eigenvalue weighted by molar-refractivity contribution is -0.137. The van der Waals surface area contributed by atoms with Gasteiger partial charge in [0.15, 0.2) is 0 Å². The van der Waals surface area contributed by atoms with Gasteiger partial charge in [0.05, 0.1) is 22.9 Å². The third-order valence-electron chi connectivity index (χ3n) is 2.88. The Balaban J connectivity index is 2.89. The van der Waals surface area contributed by atoms with Crippen LogP contribution in [0.1, 0.15) is 18.9 Å². The Morgan fingerprint density at radius 3 is 2.59 bits per heavy atom. The van der Waals surface area contributed by atoms with E-state index in [0.29, 0.717) is 26.1 Å². The van der Waals surface area contributed by atoms with Gasteiger partial charge in [0.1, 0.15) is 0 Å². The average molecular weight is 339 g/mol. The molecule has 22 heavy (non-hydrogen) atoms. The molecule has 0 heterocycles. The largest absolute Gasteiger partial charge is 0.416 e. The fourth-order valence-electron chi connectivity index (χ4n) is 1.78. The van der Waals surface area contributed by atoms with Crippen LogP contribution in [0.4, 0.5) is 23.7 Å². The number of methoxy groups -OCH3 is 1. The van der Waals surface area contributed by atoms with Crippen molar-refractivity contribution in [3.63, 3.8) is 0 Å². The second kappa shape index (κ2) is 8.24.